The normalized spacial score (nSPS) is 12.3. The van der Waals surface area contributed by atoms with Gasteiger partial charge in [0.2, 0.25) is 0 Å². The highest BCUT2D eigenvalue weighted by molar-refractivity contribution is 7.27. The predicted octanol–water partition coefficient (Wildman–Crippen LogP) is 8.00. The highest BCUT2D eigenvalue weighted by Gasteiger charge is 2.18. The van der Waals surface area contributed by atoms with E-state index in [0.29, 0.717) is 0 Å². The van der Waals surface area contributed by atoms with Crippen molar-refractivity contribution in [2.45, 2.75) is 0 Å². The molecule has 0 unspecified atom stereocenters. The molecule has 2 aromatic heterocycles. The molecule has 28 heavy (non-hydrogen) atoms. The van der Waals surface area contributed by atoms with Gasteiger partial charge in [0, 0.05) is 41.8 Å². The topological polar surface area (TPSA) is 15.8 Å². The summed E-state index contributed by atoms with van der Waals surface area (Å²) < 4.78 is 2.73. The van der Waals surface area contributed by atoms with E-state index in [1.165, 1.54) is 63.5 Å². The molecular formula is C26H15NS. The zero-order valence-electron chi connectivity index (χ0n) is 15.0. The van der Waals surface area contributed by atoms with Crippen LogP contribution in [-0.2, 0) is 0 Å². The van der Waals surface area contributed by atoms with Crippen molar-refractivity contribution in [3.05, 3.63) is 84.9 Å². The summed E-state index contributed by atoms with van der Waals surface area (Å²) in [6.07, 6.45) is 0. The summed E-state index contributed by atoms with van der Waals surface area (Å²) in [5.41, 5.74) is 2.47. The van der Waals surface area contributed by atoms with Crippen molar-refractivity contribution >= 4 is 74.9 Å². The first-order valence-corrected chi connectivity index (χ1v) is 10.4. The summed E-state index contributed by atoms with van der Waals surface area (Å²) in [4.78, 5) is 3.76. The minimum absolute atomic E-state index is 1.20. The van der Waals surface area contributed by atoms with E-state index in [1.54, 1.807) is 0 Å². The molecule has 1 N–H and O–H groups in total. The molecule has 0 bridgehead atoms. The van der Waals surface area contributed by atoms with E-state index < -0.39 is 0 Å². The van der Waals surface area contributed by atoms with Gasteiger partial charge in [0.25, 0.3) is 0 Å². The molecule has 0 atom stereocenters. The molecular weight excluding hydrogens is 358 g/mol. The first-order valence-electron chi connectivity index (χ1n) is 9.55. The van der Waals surface area contributed by atoms with Gasteiger partial charge in [0.15, 0.2) is 0 Å². The fourth-order valence-corrected chi connectivity index (χ4v) is 6.07. The van der Waals surface area contributed by atoms with Gasteiger partial charge in [-0.3, -0.25) is 0 Å². The van der Waals surface area contributed by atoms with Gasteiger partial charge in [-0.05, 0) is 28.3 Å². The van der Waals surface area contributed by atoms with Crippen molar-refractivity contribution in [1.29, 1.82) is 0 Å². The molecule has 1 nitrogen and oxygen atoms in total. The van der Waals surface area contributed by atoms with Crippen molar-refractivity contribution in [3.63, 3.8) is 0 Å². The van der Waals surface area contributed by atoms with Crippen LogP contribution in [-0.4, -0.2) is 4.98 Å². The molecule has 0 spiro atoms. The number of nitrogens with one attached hydrogen (secondary N) is 1. The van der Waals surface area contributed by atoms with E-state index in [-0.39, 0.29) is 0 Å². The third-order valence-corrected chi connectivity index (χ3v) is 7.17. The van der Waals surface area contributed by atoms with Gasteiger partial charge in [0.1, 0.15) is 0 Å². The molecule has 0 fully saturated rings. The van der Waals surface area contributed by atoms with Crippen LogP contribution < -0.4 is 0 Å². The van der Waals surface area contributed by atoms with Gasteiger partial charge >= 0.3 is 0 Å². The predicted molar refractivity (Wildman–Crippen MR) is 124 cm³/mol. The maximum atomic E-state index is 3.76. The van der Waals surface area contributed by atoms with Gasteiger partial charge in [-0.2, -0.15) is 0 Å². The first-order chi connectivity index (χ1) is 13.9. The number of hydrogen-bond acceptors (Lipinski definition) is 1. The lowest BCUT2D eigenvalue weighted by Gasteiger charge is -2.05. The van der Waals surface area contributed by atoms with Crippen LogP contribution in [0.2, 0.25) is 0 Å². The molecule has 130 valence electrons. The maximum absolute atomic E-state index is 3.76. The average Bonchev–Trinajstić information content (AvgIpc) is 3.33. The second-order valence-corrected chi connectivity index (χ2v) is 8.48. The van der Waals surface area contributed by atoms with E-state index in [0.717, 1.165) is 0 Å². The molecule has 7 aromatic rings. The number of rotatable bonds is 0. The zero-order chi connectivity index (χ0) is 18.2. The lowest BCUT2D eigenvalue weighted by molar-refractivity contribution is 1.57. The molecule has 0 saturated heterocycles. The Morgan fingerprint density at radius 3 is 2.14 bits per heavy atom. The molecule has 0 amide bonds. The monoisotopic (exact) mass is 373 g/mol. The smallest absolute Gasteiger partial charge is 0.0566 e. The average molecular weight is 373 g/mol. The molecule has 0 radical (unpaired) electrons. The summed E-state index contributed by atoms with van der Waals surface area (Å²) in [5.74, 6) is 0. The Hall–Kier alpha value is -3.36. The molecule has 0 aliphatic heterocycles. The van der Waals surface area contributed by atoms with Crippen molar-refractivity contribution in [2.75, 3.05) is 0 Å². The number of aromatic nitrogens is 1. The molecule has 5 aromatic carbocycles. The fourth-order valence-electron chi connectivity index (χ4n) is 4.81. The zero-order valence-corrected chi connectivity index (χ0v) is 15.8. The SMILES string of the molecule is c1ccc2c(c1)ccc1sc3c4ccccc4c4c5ccccc5[nH]c4c3c12. The van der Waals surface area contributed by atoms with Crippen LogP contribution in [0.3, 0.4) is 0 Å². The van der Waals surface area contributed by atoms with Crippen LogP contribution in [0.4, 0.5) is 0 Å². The number of aromatic amines is 1. The molecule has 0 saturated carbocycles. The van der Waals surface area contributed by atoms with Crippen LogP contribution >= 0.6 is 11.3 Å². The Balaban J connectivity index is 1.92. The number of thiophene rings is 1. The highest BCUT2D eigenvalue weighted by Crippen LogP contribution is 2.47. The Labute approximate surface area is 164 Å². The summed E-state index contributed by atoms with van der Waals surface area (Å²) in [5, 5.41) is 10.7. The lowest BCUT2D eigenvalue weighted by Crippen LogP contribution is -1.79. The minimum atomic E-state index is 1.20. The van der Waals surface area contributed by atoms with Crippen molar-refractivity contribution in [2.24, 2.45) is 0 Å². The quantitative estimate of drug-likeness (QED) is 0.277. The van der Waals surface area contributed by atoms with Crippen LogP contribution in [0.1, 0.15) is 0 Å². The van der Waals surface area contributed by atoms with Gasteiger partial charge < -0.3 is 4.98 Å². The number of para-hydroxylation sites is 1. The highest BCUT2D eigenvalue weighted by atomic mass is 32.1. The van der Waals surface area contributed by atoms with E-state index >= 15 is 0 Å². The van der Waals surface area contributed by atoms with Gasteiger partial charge in [-0.1, -0.05) is 72.8 Å². The summed E-state index contributed by atoms with van der Waals surface area (Å²) in [6.45, 7) is 0. The fraction of sp³-hybridized carbons (Fsp3) is 0. The third kappa shape index (κ3) is 1.71. The summed E-state index contributed by atoms with van der Waals surface area (Å²) in [7, 11) is 0. The second-order valence-electron chi connectivity index (χ2n) is 7.43. The molecule has 0 aliphatic rings. The lowest BCUT2D eigenvalue weighted by atomic mass is 9.98. The summed E-state index contributed by atoms with van der Waals surface area (Å²) >= 11 is 1.91. The number of benzene rings is 5. The van der Waals surface area contributed by atoms with Crippen molar-refractivity contribution in [3.8, 4) is 0 Å². The van der Waals surface area contributed by atoms with Crippen molar-refractivity contribution in [1.82, 2.24) is 4.98 Å². The third-order valence-electron chi connectivity index (χ3n) is 5.98. The molecule has 2 heterocycles. The van der Waals surface area contributed by atoms with Crippen LogP contribution in [0.25, 0.3) is 63.5 Å². The Morgan fingerprint density at radius 1 is 0.536 bits per heavy atom. The van der Waals surface area contributed by atoms with Crippen LogP contribution in [0, 0.1) is 0 Å². The Kier molecular flexibility index (Phi) is 2.68. The minimum Gasteiger partial charge on any atom is -0.354 e. The maximum Gasteiger partial charge on any atom is 0.0566 e. The van der Waals surface area contributed by atoms with Gasteiger partial charge in [-0.25, -0.2) is 0 Å². The molecule has 2 heteroatoms. The van der Waals surface area contributed by atoms with E-state index in [1.807, 2.05) is 11.3 Å². The Bertz CT molecular complexity index is 1720. The van der Waals surface area contributed by atoms with E-state index in [4.69, 9.17) is 0 Å². The standard InChI is InChI=1S/C26H15NS/c1-2-8-16-15(7-1)13-14-21-23(16)24-25-22(19-11-5-6-12-20(19)27-25)17-9-3-4-10-18(17)26(24)28-21/h1-14,27H. The summed E-state index contributed by atoms with van der Waals surface area (Å²) in [6, 6.07) is 30.8. The molecule has 7 rings (SSSR count). The Morgan fingerprint density at radius 2 is 1.25 bits per heavy atom. The first kappa shape index (κ1) is 14.7. The van der Waals surface area contributed by atoms with Gasteiger partial charge in [0.05, 0.1) is 5.52 Å². The van der Waals surface area contributed by atoms with E-state index in [9.17, 15) is 0 Å². The number of hydrogen-bond donors (Lipinski definition) is 1. The number of fused-ring (bicyclic) bond motifs is 12. The van der Waals surface area contributed by atoms with Crippen LogP contribution in [0.15, 0.2) is 84.9 Å². The van der Waals surface area contributed by atoms with Gasteiger partial charge in [-0.15, -0.1) is 11.3 Å². The van der Waals surface area contributed by atoms with Crippen molar-refractivity contribution < 1.29 is 0 Å². The van der Waals surface area contributed by atoms with E-state index in [2.05, 4.69) is 89.9 Å². The number of H-pyrrole nitrogens is 1. The van der Waals surface area contributed by atoms with Crippen LogP contribution in [0.5, 0.6) is 0 Å². The second kappa shape index (κ2) is 5.12. The largest absolute Gasteiger partial charge is 0.354 e. The molecule has 0 aliphatic carbocycles.